The van der Waals surface area contributed by atoms with E-state index in [0.29, 0.717) is 28.6 Å². The fraction of sp³-hybridized carbons (Fsp3) is 0.235. The number of nitrogens with two attached hydrogens (primary N) is 1. The molecular weight excluding hydrogens is 300 g/mol. The molecule has 3 N–H and O–H groups in total. The molecule has 0 bridgehead atoms. The number of hydrogen-bond acceptors (Lipinski definition) is 3. The number of nitrogen functional groups attached to an aromatic ring is 1. The van der Waals surface area contributed by atoms with Gasteiger partial charge in [0.2, 0.25) is 0 Å². The number of hydrogen-bond donors (Lipinski definition) is 2. The zero-order valence-electron chi connectivity index (χ0n) is 12.7. The van der Waals surface area contributed by atoms with Gasteiger partial charge in [0.1, 0.15) is 5.75 Å². The van der Waals surface area contributed by atoms with Crippen LogP contribution in [0, 0.1) is 6.92 Å². The fourth-order valence-electron chi connectivity index (χ4n) is 1.93. The minimum absolute atomic E-state index is 0.242. The summed E-state index contributed by atoms with van der Waals surface area (Å²) in [7, 11) is 0. The minimum atomic E-state index is -0.242. The highest BCUT2D eigenvalue weighted by Crippen LogP contribution is 2.27. The molecule has 0 aliphatic carbocycles. The number of rotatable bonds is 5. The summed E-state index contributed by atoms with van der Waals surface area (Å²) in [6, 6.07) is 10.4. The summed E-state index contributed by atoms with van der Waals surface area (Å²) in [5, 5.41) is 3.33. The number of carbonyl (C=O) groups excluding carboxylic acids is 1. The van der Waals surface area contributed by atoms with Gasteiger partial charge >= 0.3 is 0 Å². The standard InChI is InChI=1S/C17H19ClN2O2/c1-3-8-22-13-6-4-12(5-7-13)17(21)20-16-10-14(18)11(2)9-15(16)19/h4-7,9-10H,3,8,19H2,1-2H3,(H,20,21). The van der Waals surface area contributed by atoms with E-state index in [1.807, 2.05) is 13.8 Å². The summed E-state index contributed by atoms with van der Waals surface area (Å²) in [6.07, 6.45) is 0.940. The summed E-state index contributed by atoms with van der Waals surface area (Å²) in [5.74, 6) is 0.505. The van der Waals surface area contributed by atoms with E-state index in [1.54, 1.807) is 36.4 Å². The predicted molar refractivity (Wildman–Crippen MR) is 90.8 cm³/mol. The third kappa shape index (κ3) is 3.92. The van der Waals surface area contributed by atoms with Crippen molar-refractivity contribution in [3.63, 3.8) is 0 Å². The van der Waals surface area contributed by atoms with Gasteiger partial charge in [-0.25, -0.2) is 0 Å². The molecule has 0 atom stereocenters. The SMILES string of the molecule is CCCOc1ccc(C(=O)Nc2cc(Cl)c(C)cc2N)cc1. The first-order valence-corrected chi connectivity index (χ1v) is 7.49. The van der Waals surface area contributed by atoms with E-state index in [1.165, 1.54) is 0 Å². The van der Waals surface area contributed by atoms with Crippen LogP contribution in [0.25, 0.3) is 0 Å². The molecule has 0 radical (unpaired) electrons. The van der Waals surface area contributed by atoms with Gasteiger partial charge in [-0.15, -0.1) is 0 Å². The smallest absolute Gasteiger partial charge is 0.255 e. The van der Waals surface area contributed by atoms with Crippen LogP contribution in [0.2, 0.25) is 5.02 Å². The van der Waals surface area contributed by atoms with Crippen LogP contribution in [0.3, 0.4) is 0 Å². The molecule has 0 aromatic heterocycles. The average molecular weight is 319 g/mol. The van der Waals surface area contributed by atoms with Gasteiger partial charge in [-0.1, -0.05) is 18.5 Å². The molecule has 4 nitrogen and oxygen atoms in total. The molecule has 1 amide bonds. The number of benzene rings is 2. The Labute approximate surface area is 135 Å². The number of anilines is 2. The Morgan fingerprint density at radius 3 is 2.59 bits per heavy atom. The zero-order valence-corrected chi connectivity index (χ0v) is 13.4. The molecular formula is C17H19ClN2O2. The number of amides is 1. The number of ether oxygens (including phenoxy) is 1. The number of carbonyl (C=O) groups is 1. The minimum Gasteiger partial charge on any atom is -0.494 e. The van der Waals surface area contributed by atoms with Gasteiger partial charge in [0.05, 0.1) is 18.0 Å². The lowest BCUT2D eigenvalue weighted by molar-refractivity contribution is 0.102. The molecule has 0 heterocycles. The third-order valence-corrected chi connectivity index (χ3v) is 3.58. The van der Waals surface area contributed by atoms with Crippen LogP contribution < -0.4 is 15.8 Å². The molecule has 0 spiro atoms. The monoisotopic (exact) mass is 318 g/mol. The predicted octanol–water partition coefficient (Wildman–Crippen LogP) is 4.27. The molecule has 0 saturated carbocycles. The maximum Gasteiger partial charge on any atom is 0.255 e. The number of nitrogens with one attached hydrogen (secondary N) is 1. The van der Waals surface area contributed by atoms with Crippen molar-refractivity contribution in [3.8, 4) is 5.75 Å². The summed E-state index contributed by atoms with van der Waals surface area (Å²) < 4.78 is 5.49. The summed E-state index contributed by atoms with van der Waals surface area (Å²) in [5.41, 5.74) is 8.29. The van der Waals surface area contributed by atoms with E-state index < -0.39 is 0 Å². The topological polar surface area (TPSA) is 64.3 Å². The Balaban J connectivity index is 2.10. The van der Waals surface area contributed by atoms with Crippen molar-refractivity contribution in [1.29, 1.82) is 0 Å². The molecule has 5 heteroatoms. The highest BCUT2D eigenvalue weighted by molar-refractivity contribution is 6.32. The molecule has 0 saturated heterocycles. The maximum absolute atomic E-state index is 12.2. The van der Waals surface area contributed by atoms with Gasteiger partial charge < -0.3 is 15.8 Å². The second-order valence-electron chi connectivity index (χ2n) is 5.02. The van der Waals surface area contributed by atoms with Crippen LogP contribution in [-0.4, -0.2) is 12.5 Å². The van der Waals surface area contributed by atoms with Crippen LogP contribution in [0.5, 0.6) is 5.75 Å². The Hall–Kier alpha value is -2.20. The van der Waals surface area contributed by atoms with E-state index in [2.05, 4.69) is 5.32 Å². The van der Waals surface area contributed by atoms with Crippen molar-refractivity contribution >= 4 is 28.9 Å². The Morgan fingerprint density at radius 2 is 1.95 bits per heavy atom. The quantitative estimate of drug-likeness (QED) is 0.809. The molecule has 2 rings (SSSR count). The molecule has 2 aromatic rings. The van der Waals surface area contributed by atoms with Crippen molar-refractivity contribution in [2.24, 2.45) is 0 Å². The first-order valence-electron chi connectivity index (χ1n) is 7.11. The Kier molecular flexibility index (Phi) is 5.28. The lowest BCUT2D eigenvalue weighted by Gasteiger charge is -2.11. The first-order chi connectivity index (χ1) is 10.5. The molecule has 116 valence electrons. The van der Waals surface area contributed by atoms with Gasteiger partial charge in [-0.2, -0.15) is 0 Å². The second kappa shape index (κ2) is 7.18. The lowest BCUT2D eigenvalue weighted by Crippen LogP contribution is -2.13. The number of aryl methyl sites for hydroxylation is 1. The third-order valence-electron chi connectivity index (χ3n) is 3.17. The van der Waals surface area contributed by atoms with Crippen molar-refractivity contribution in [3.05, 3.63) is 52.5 Å². The van der Waals surface area contributed by atoms with E-state index in [9.17, 15) is 4.79 Å². The van der Waals surface area contributed by atoms with Crippen molar-refractivity contribution in [2.75, 3.05) is 17.7 Å². The summed E-state index contributed by atoms with van der Waals surface area (Å²) in [4.78, 5) is 12.2. The van der Waals surface area contributed by atoms with E-state index in [0.717, 1.165) is 17.7 Å². The van der Waals surface area contributed by atoms with Crippen LogP contribution in [0.4, 0.5) is 11.4 Å². The van der Waals surface area contributed by atoms with Gasteiger partial charge in [-0.3, -0.25) is 4.79 Å². The van der Waals surface area contributed by atoms with E-state index in [-0.39, 0.29) is 5.91 Å². The number of halogens is 1. The molecule has 0 aliphatic rings. The van der Waals surface area contributed by atoms with Crippen LogP contribution in [0.1, 0.15) is 29.3 Å². The Morgan fingerprint density at radius 1 is 1.27 bits per heavy atom. The highest BCUT2D eigenvalue weighted by Gasteiger charge is 2.10. The van der Waals surface area contributed by atoms with Gasteiger partial charge in [-0.05, 0) is 55.3 Å². The first kappa shape index (κ1) is 16.2. The van der Waals surface area contributed by atoms with Crippen molar-refractivity contribution in [1.82, 2.24) is 0 Å². The fourth-order valence-corrected chi connectivity index (χ4v) is 2.09. The van der Waals surface area contributed by atoms with E-state index in [4.69, 9.17) is 22.1 Å². The normalized spacial score (nSPS) is 10.3. The summed E-state index contributed by atoms with van der Waals surface area (Å²) >= 11 is 6.06. The van der Waals surface area contributed by atoms with E-state index >= 15 is 0 Å². The van der Waals surface area contributed by atoms with Crippen LogP contribution >= 0.6 is 11.6 Å². The van der Waals surface area contributed by atoms with Gasteiger partial charge in [0.25, 0.3) is 5.91 Å². The second-order valence-corrected chi connectivity index (χ2v) is 5.42. The van der Waals surface area contributed by atoms with Crippen molar-refractivity contribution in [2.45, 2.75) is 20.3 Å². The molecule has 0 fully saturated rings. The van der Waals surface area contributed by atoms with Crippen LogP contribution in [-0.2, 0) is 0 Å². The highest BCUT2D eigenvalue weighted by atomic mass is 35.5. The van der Waals surface area contributed by atoms with Gasteiger partial charge in [0, 0.05) is 10.6 Å². The van der Waals surface area contributed by atoms with Crippen LogP contribution in [0.15, 0.2) is 36.4 Å². The van der Waals surface area contributed by atoms with Gasteiger partial charge in [0.15, 0.2) is 0 Å². The largest absolute Gasteiger partial charge is 0.494 e. The molecule has 22 heavy (non-hydrogen) atoms. The zero-order chi connectivity index (χ0) is 16.1. The molecule has 0 unspecified atom stereocenters. The molecule has 2 aromatic carbocycles. The molecule has 0 aliphatic heterocycles. The average Bonchev–Trinajstić information content (AvgIpc) is 2.51. The Bertz CT molecular complexity index is 669. The summed E-state index contributed by atoms with van der Waals surface area (Å²) in [6.45, 7) is 4.56. The van der Waals surface area contributed by atoms with Crippen molar-refractivity contribution < 1.29 is 9.53 Å². The lowest BCUT2D eigenvalue weighted by atomic mass is 10.1. The maximum atomic E-state index is 12.2.